The molecular formula is C16H22N2O. The molecule has 0 bridgehead atoms. The molecule has 1 aromatic carbocycles. The summed E-state index contributed by atoms with van der Waals surface area (Å²) in [5.41, 5.74) is 4.35. The first kappa shape index (κ1) is 13.8. The fourth-order valence-electron chi connectivity index (χ4n) is 2.06. The average molecular weight is 258 g/mol. The average Bonchev–Trinajstić information content (AvgIpc) is 2.81. The number of rotatable bonds is 4. The predicted molar refractivity (Wildman–Crippen MR) is 77.2 cm³/mol. The minimum Gasteiger partial charge on any atom is -0.388 e. The lowest BCUT2D eigenvalue weighted by molar-refractivity contribution is 0.176. The van der Waals surface area contributed by atoms with Crippen molar-refractivity contribution < 1.29 is 5.11 Å². The molecule has 1 aromatic heterocycles. The van der Waals surface area contributed by atoms with Crippen molar-refractivity contribution in [2.24, 2.45) is 0 Å². The topological polar surface area (TPSA) is 38.0 Å². The van der Waals surface area contributed by atoms with Gasteiger partial charge in [0, 0.05) is 18.7 Å². The molecule has 19 heavy (non-hydrogen) atoms. The van der Waals surface area contributed by atoms with Crippen LogP contribution in [0.4, 0.5) is 0 Å². The van der Waals surface area contributed by atoms with Gasteiger partial charge >= 0.3 is 0 Å². The number of benzene rings is 1. The second-order valence-corrected chi connectivity index (χ2v) is 5.44. The van der Waals surface area contributed by atoms with Crippen molar-refractivity contribution in [1.29, 1.82) is 0 Å². The number of hydrogen-bond donors (Lipinski definition) is 1. The molecule has 0 aliphatic heterocycles. The van der Waals surface area contributed by atoms with Crippen LogP contribution in [0.25, 0.3) is 0 Å². The Balaban J connectivity index is 2.11. The highest BCUT2D eigenvalue weighted by atomic mass is 16.3. The first-order chi connectivity index (χ1) is 8.97. The van der Waals surface area contributed by atoms with E-state index >= 15 is 0 Å². The van der Waals surface area contributed by atoms with Crippen LogP contribution in [0, 0.1) is 13.8 Å². The zero-order valence-electron chi connectivity index (χ0n) is 12.1. The Bertz CT molecular complexity index is 558. The van der Waals surface area contributed by atoms with E-state index in [1.807, 2.05) is 23.0 Å². The monoisotopic (exact) mass is 258 g/mol. The van der Waals surface area contributed by atoms with E-state index in [0.717, 1.165) is 11.3 Å². The van der Waals surface area contributed by atoms with E-state index in [-0.39, 0.29) is 0 Å². The molecule has 102 valence electrons. The first-order valence-corrected chi connectivity index (χ1v) is 6.76. The predicted octanol–water partition coefficient (Wildman–Crippen LogP) is 3.36. The number of aryl methyl sites for hydroxylation is 2. The van der Waals surface area contributed by atoms with E-state index < -0.39 is 6.10 Å². The normalized spacial score (nSPS) is 12.9. The van der Waals surface area contributed by atoms with Gasteiger partial charge in [-0.2, -0.15) is 5.10 Å². The first-order valence-electron chi connectivity index (χ1n) is 6.76. The second kappa shape index (κ2) is 5.57. The van der Waals surface area contributed by atoms with Crippen LogP contribution in [0.1, 0.15) is 48.4 Å². The highest BCUT2D eigenvalue weighted by Crippen LogP contribution is 2.20. The van der Waals surface area contributed by atoms with Crippen molar-refractivity contribution in [2.45, 2.75) is 46.3 Å². The van der Waals surface area contributed by atoms with Crippen molar-refractivity contribution in [3.05, 3.63) is 52.8 Å². The standard InChI is InChI=1S/C16H22N2O/c1-11(2)18-8-7-15(17-18)10-16(19)14-6-5-12(3)13(4)9-14/h5-9,11,16,19H,10H2,1-4H3. The molecule has 1 atom stereocenters. The van der Waals surface area contributed by atoms with Gasteiger partial charge in [-0.25, -0.2) is 0 Å². The summed E-state index contributed by atoms with van der Waals surface area (Å²) in [4.78, 5) is 0. The molecule has 0 aliphatic rings. The molecule has 0 saturated carbocycles. The molecule has 0 saturated heterocycles. The van der Waals surface area contributed by atoms with Gasteiger partial charge in [-0.15, -0.1) is 0 Å². The van der Waals surface area contributed by atoms with Crippen LogP contribution in [0.3, 0.4) is 0 Å². The van der Waals surface area contributed by atoms with Gasteiger partial charge < -0.3 is 5.11 Å². The third-order valence-electron chi connectivity index (χ3n) is 3.51. The van der Waals surface area contributed by atoms with Gasteiger partial charge in [-0.1, -0.05) is 18.2 Å². The Hall–Kier alpha value is -1.61. The van der Waals surface area contributed by atoms with Gasteiger partial charge in [0.25, 0.3) is 0 Å². The van der Waals surface area contributed by atoms with Gasteiger partial charge in [0.1, 0.15) is 0 Å². The lowest BCUT2D eigenvalue weighted by atomic mass is 10.0. The second-order valence-electron chi connectivity index (χ2n) is 5.44. The van der Waals surface area contributed by atoms with E-state index in [0.29, 0.717) is 12.5 Å². The molecule has 3 heteroatoms. The molecule has 1 N–H and O–H groups in total. The number of aromatic nitrogens is 2. The summed E-state index contributed by atoms with van der Waals surface area (Å²) in [7, 11) is 0. The summed E-state index contributed by atoms with van der Waals surface area (Å²) in [5.74, 6) is 0. The Morgan fingerprint density at radius 3 is 2.47 bits per heavy atom. The fourth-order valence-corrected chi connectivity index (χ4v) is 2.06. The highest BCUT2D eigenvalue weighted by molar-refractivity contribution is 5.31. The molecule has 0 fully saturated rings. The van der Waals surface area contributed by atoms with Crippen molar-refractivity contribution in [3.63, 3.8) is 0 Å². The van der Waals surface area contributed by atoms with Crippen LogP contribution in [0.2, 0.25) is 0 Å². The zero-order valence-corrected chi connectivity index (χ0v) is 12.1. The summed E-state index contributed by atoms with van der Waals surface area (Å²) in [5, 5.41) is 14.8. The van der Waals surface area contributed by atoms with Crippen LogP contribution < -0.4 is 0 Å². The number of aliphatic hydroxyl groups excluding tert-OH is 1. The molecule has 0 radical (unpaired) electrons. The SMILES string of the molecule is Cc1ccc(C(O)Cc2ccn(C(C)C)n2)cc1C. The van der Waals surface area contributed by atoms with Crippen LogP contribution in [-0.2, 0) is 6.42 Å². The van der Waals surface area contributed by atoms with Gasteiger partial charge in [0.05, 0.1) is 11.8 Å². The van der Waals surface area contributed by atoms with Crippen LogP contribution in [0.15, 0.2) is 30.5 Å². The van der Waals surface area contributed by atoms with Crippen LogP contribution in [-0.4, -0.2) is 14.9 Å². The van der Waals surface area contributed by atoms with Gasteiger partial charge in [-0.05, 0) is 50.5 Å². The van der Waals surface area contributed by atoms with Gasteiger partial charge in [0.2, 0.25) is 0 Å². The lowest BCUT2D eigenvalue weighted by Gasteiger charge is -2.11. The minimum absolute atomic E-state index is 0.354. The van der Waals surface area contributed by atoms with E-state index in [1.54, 1.807) is 0 Å². The largest absolute Gasteiger partial charge is 0.388 e. The molecule has 0 aliphatic carbocycles. The van der Waals surface area contributed by atoms with E-state index in [9.17, 15) is 5.11 Å². The van der Waals surface area contributed by atoms with Crippen LogP contribution >= 0.6 is 0 Å². The molecule has 0 amide bonds. The van der Waals surface area contributed by atoms with Crippen molar-refractivity contribution >= 4 is 0 Å². The third-order valence-corrected chi connectivity index (χ3v) is 3.51. The molecule has 1 unspecified atom stereocenters. The Kier molecular flexibility index (Phi) is 4.05. The Morgan fingerprint density at radius 2 is 1.89 bits per heavy atom. The number of aliphatic hydroxyl groups is 1. The van der Waals surface area contributed by atoms with E-state index in [1.165, 1.54) is 11.1 Å². The van der Waals surface area contributed by atoms with Crippen molar-refractivity contribution in [1.82, 2.24) is 9.78 Å². The Labute approximate surface area is 114 Å². The van der Waals surface area contributed by atoms with Crippen molar-refractivity contribution in [2.75, 3.05) is 0 Å². The molecule has 2 aromatic rings. The maximum atomic E-state index is 10.3. The lowest BCUT2D eigenvalue weighted by Crippen LogP contribution is -2.05. The summed E-state index contributed by atoms with van der Waals surface area (Å²) in [6, 6.07) is 8.43. The van der Waals surface area contributed by atoms with Gasteiger partial charge in [0.15, 0.2) is 0 Å². The number of nitrogens with zero attached hydrogens (tertiary/aromatic N) is 2. The fraction of sp³-hybridized carbons (Fsp3) is 0.438. The highest BCUT2D eigenvalue weighted by Gasteiger charge is 2.12. The quantitative estimate of drug-likeness (QED) is 0.913. The smallest absolute Gasteiger partial charge is 0.0846 e. The van der Waals surface area contributed by atoms with Gasteiger partial charge in [-0.3, -0.25) is 4.68 Å². The molecular weight excluding hydrogens is 236 g/mol. The van der Waals surface area contributed by atoms with Crippen molar-refractivity contribution in [3.8, 4) is 0 Å². The zero-order chi connectivity index (χ0) is 14.0. The number of hydrogen-bond acceptors (Lipinski definition) is 2. The summed E-state index contributed by atoms with van der Waals surface area (Å²) in [6.45, 7) is 8.34. The molecule has 3 nitrogen and oxygen atoms in total. The maximum absolute atomic E-state index is 10.3. The minimum atomic E-state index is -0.491. The molecule has 0 spiro atoms. The summed E-state index contributed by atoms with van der Waals surface area (Å²) in [6.07, 6.45) is 2.03. The molecule has 2 rings (SSSR count). The summed E-state index contributed by atoms with van der Waals surface area (Å²) < 4.78 is 1.92. The maximum Gasteiger partial charge on any atom is 0.0846 e. The Morgan fingerprint density at radius 1 is 1.16 bits per heavy atom. The summed E-state index contributed by atoms with van der Waals surface area (Å²) >= 11 is 0. The van der Waals surface area contributed by atoms with Crippen LogP contribution in [0.5, 0.6) is 0 Å². The molecule has 1 heterocycles. The third kappa shape index (κ3) is 3.24. The van der Waals surface area contributed by atoms with E-state index in [2.05, 4.69) is 44.9 Å². The van der Waals surface area contributed by atoms with E-state index in [4.69, 9.17) is 0 Å².